The lowest BCUT2D eigenvalue weighted by Gasteiger charge is -2.19. The van der Waals surface area contributed by atoms with Crippen LogP contribution in [0, 0.1) is 11.3 Å². The molecule has 5 heteroatoms. The van der Waals surface area contributed by atoms with Crippen molar-refractivity contribution in [2.45, 2.75) is 32.2 Å². The Labute approximate surface area is 79.2 Å². The molecule has 0 aliphatic heterocycles. The SMILES string of the molecule is CCS(=O)(=O)N(CCC#N)C1CC1. The van der Waals surface area contributed by atoms with Crippen LogP contribution in [0.15, 0.2) is 0 Å². The average molecular weight is 202 g/mol. The first-order valence-corrected chi connectivity index (χ1v) is 6.09. The third-order valence-corrected chi connectivity index (χ3v) is 4.05. The molecule has 0 aromatic rings. The second kappa shape index (κ2) is 4.07. The second-order valence-electron chi connectivity index (χ2n) is 3.15. The molecule has 0 spiro atoms. The quantitative estimate of drug-likeness (QED) is 0.659. The van der Waals surface area contributed by atoms with Gasteiger partial charge in [0.1, 0.15) is 0 Å². The molecule has 0 aromatic heterocycles. The highest BCUT2D eigenvalue weighted by Gasteiger charge is 2.35. The molecule has 0 saturated heterocycles. The van der Waals surface area contributed by atoms with E-state index in [1.807, 2.05) is 6.07 Å². The van der Waals surface area contributed by atoms with Crippen molar-refractivity contribution in [1.82, 2.24) is 4.31 Å². The summed E-state index contributed by atoms with van der Waals surface area (Å²) in [5.41, 5.74) is 0. The summed E-state index contributed by atoms with van der Waals surface area (Å²) in [5, 5.41) is 8.38. The first kappa shape index (κ1) is 10.5. The average Bonchev–Trinajstić information content (AvgIpc) is 2.89. The first-order chi connectivity index (χ1) is 6.11. The number of nitriles is 1. The summed E-state index contributed by atoms with van der Waals surface area (Å²) in [7, 11) is -3.09. The Kier molecular flexibility index (Phi) is 3.28. The van der Waals surface area contributed by atoms with Crippen molar-refractivity contribution in [3.63, 3.8) is 0 Å². The maximum absolute atomic E-state index is 11.5. The molecule has 1 aliphatic rings. The summed E-state index contributed by atoms with van der Waals surface area (Å²) >= 11 is 0. The lowest BCUT2D eigenvalue weighted by atomic mass is 10.4. The molecule has 1 fully saturated rings. The Morgan fingerprint density at radius 2 is 2.15 bits per heavy atom. The highest BCUT2D eigenvalue weighted by molar-refractivity contribution is 7.89. The Bertz CT molecular complexity index is 301. The predicted molar refractivity (Wildman–Crippen MR) is 49.4 cm³/mol. The van der Waals surface area contributed by atoms with Crippen LogP contribution in [0.5, 0.6) is 0 Å². The first-order valence-electron chi connectivity index (χ1n) is 4.48. The van der Waals surface area contributed by atoms with Crippen LogP contribution in [-0.4, -0.2) is 31.1 Å². The van der Waals surface area contributed by atoms with E-state index in [4.69, 9.17) is 5.26 Å². The molecule has 1 rings (SSSR count). The zero-order valence-corrected chi connectivity index (χ0v) is 8.55. The molecule has 1 saturated carbocycles. The van der Waals surface area contributed by atoms with E-state index in [-0.39, 0.29) is 18.2 Å². The van der Waals surface area contributed by atoms with Gasteiger partial charge < -0.3 is 0 Å². The second-order valence-corrected chi connectivity index (χ2v) is 5.36. The monoisotopic (exact) mass is 202 g/mol. The molecule has 0 N–H and O–H groups in total. The molecule has 0 radical (unpaired) electrons. The van der Waals surface area contributed by atoms with Crippen LogP contribution in [0.4, 0.5) is 0 Å². The maximum atomic E-state index is 11.5. The van der Waals surface area contributed by atoms with Crippen LogP contribution < -0.4 is 0 Å². The van der Waals surface area contributed by atoms with Gasteiger partial charge in [0.25, 0.3) is 0 Å². The van der Waals surface area contributed by atoms with Gasteiger partial charge >= 0.3 is 0 Å². The van der Waals surface area contributed by atoms with Gasteiger partial charge in [0, 0.05) is 19.0 Å². The topological polar surface area (TPSA) is 61.2 Å². The van der Waals surface area contributed by atoms with Crippen LogP contribution in [-0.2, 0) is 10.0 Å². The third kappa shape index (κ3) is 2.68. The van der Waals surface area contributed by atoms with E-state index in [1.165, 1.54) is 4.31 Å². The largest absolute Gasteiger partial charge is 0.214 e. The Morgan fingerprint density at radius 1 is 1.54 bits per heavy atom. The molecule has 0 unspecified atom stereocenters. The van der Waals surface area contributed by atoms with E-state index in [1.54, 1.807) is 6.92 Å². The van der Waals surface area contributed by atoms with Crippen molar-refractivity contribution in [2.24, 2.45) is 0 Å². The van der Waals surface area contributed by atoms with Gasteiger partial charge in [-0.05, 0) is 19.8 Å². The lowest BCUT2D eigenvalue weighted by Crippen LogP contribution is -2.35. The molecular formula is C8H14N2O2S. The summed E-state index contributed by atoms with van der Waals surface area (Å²) in [6.07, 6.45) is 2.19. The molecular weight excluding hydrogens is 188 g/mol. The minimum Gasteiger partial charge on any atom is -0.212 e. The van der Waals surface area contributed by atoms with Gasteiger partial charge in [0.05, 0.1) is 11.8 Å². The molecule has 0 aromatic carbocycles. The summed E-state index contributed by atoms with van der Waals surface area (Å²) in [6, 6.07) is 2.15. The number of rotatable bonds is 5. The number of sulfonamides is 1. The van der Waals surface area contributed by atoms with Gasteiger partial charge in [-0.1, -0.05) is 0 Å². The van der Waals surface area contributed by atoms with Crippen molar-refractivity contribution in [3.8, 4) is 6.07 Å². The molecule has 74 valence electrons. The smallest absolute Gasteiger partial charge is 0.212 e. The fourth-order valence-corrected chi connectivity index (χ4v) is 2.60. The highest BCUT2D eigenvalue weighted by atomic mass is 32.2. The van der Waals surface area contributed by atoms with Crippen molar-refractivity contribution in [3.05, 3.63) is 0 Å². The van der Waals surface area contributed by atoms with Gasteiger partial charge in [0.15, 0.2) is 0 Å². The molecule has 1 aliphatic carbocycles. The predicted octanol–water partition coefficient (Wildman–Crippen LogP) is 0.714. The minimum absolute atomic E-state index is 0.134. The van der Waals surface area contributed by atoms with Gasteiger partial charge in [-0.3, -0.25) is 0 Å². The van der Waals surface area contributed by atoms with Gasteiger partial charge in [0.2, 0.25) is 10.0 Å². The van der Waals surface area contributed by atoms with Crippen LogP contribution >= 0.6 is 0 Å². The Balaban J connectivity index is 2.63. The normalized spacial score (nSPS) is 17.3. The summed E-state index contributed by atoms with van der Waals surface area (Å²) < 4.78 is 24.5. The highest BCUT2D eigenvalue weighted by Crippen LogP contribution is 2.29. The van der Waals surface area contributed by atoms with Gasteiger partial charge in [-0.2, -0.15) is 9.57 Å². The van der Waals surface area contributed by atoms with E-state index in [0.717, 1.165) is 12.8 Å². The van der Waals surface area contributed by atoms with Gasteiger partial charge in [-0.25, -0.2) is 8.42 Å². The summed E-state index contributed by atoms with van der Waals surface area (Å²) in [4.78, 5) is 0. The summed E-state index contributed by atoms with van der Waals surface area (Å²) in [5.74, 6) is 0.134. The fraction of sp³-hybridized carbons (Fsp3) is 0.875. The molecule has 0 amide bonds. The molecule has 13 heavy (non-hydrogen) atoms. The minimum atomic E-state index is -3.09. The number of hydrogen-bond donors (Lipinski definition) is 0. The fourth-order valence-electron chi connectivity index (χ4n) is 1.24. The molecule has 0 heterocycles. The van der Waals surface area contributed by atoms with E-state index >= 15 is 0 Å². The molecule has 0 atom stereocenters. The Morgan fingerprint density at radius 3 is 2.54 bits per heavy atom. The van der Waals surface area contributed by atoms with E-state index < -0.39 is 10.0 Å². The van der Waals surface area contributed by atoms with Crippen molar-refractivity contribution >= 4 is 10.0 Å². The van der Waals surface area contributed by atoms with Crippen LogP contribution in [0.2, 0.25) is 0 Å². The maximum Gasteiger partial charge on any atom is 0.214 e. The summed E-state index contributed by atoms with van der Waals surface area (Å²) in [6.45, 7) is 1.99. The standard InChI is InChI=1S/C8H14N2O2S/c1-2-13(11,12)10(7-3-6-9)8-4-5-8/h8H,2-5,7H2,1H3. The van der Waals surface area contributed by atoms with Crippen molar-refractivity contribution in [1.29, 1.82) is 5.26 Å². The molecule has 4 nitrogen and oxygen atoms in total. The number of hydrogen-bond acceptors (Lipinski definition) is 3. The van der Waals surface area contributed by atoms with E-state index in [9.17, 15) is 8.42 Å². The van der Waals surface area contributed by atoms with Crippen LogP contribution in [0.3, 0.4) is 0 Å². The number of nitrogens with zero attached hydrogens (tertiary/aromatic N) is 2. The molecule has 0 bridgehead atoms. The van der Waals surface area contributed by atoms with E-state index in [2.05, 4.69) is 0 Å². The zero-order valence-electron chi connectivity index (χ0n) is 7.73. The van der Waals surface area contributed by atoms with E-state index in [0.29, 0.717) is 6.54 Å². The zero-order chi connectivity index (χ0) is 9.90. The third-order valence-electron chi connectivity index (χ3n) is 2.12. The van der Waals surface area contributed by atoms with Crippen LogP contribution in [0.1, 0.15) is 26.2 Å². The Hall–Kier alpha value is -0.600. The lowest BCUT2D eigenvalue weighted by molar-refractivity contribution is 0.412. The van der Waals surface area contributed by atoms with Crippen molar-refractivity contribution in [2.75, 3.05) is 12.3 Å². The van der Waals surface area contributed by atoms with Gasteiger partial charge in [-0.15, -0.1) is 0 Å². The van der Waals surface area contributed by atoms with Crippen LogP contribution in [0.25, 0.3) is 0 Å². The van der Waals surface area contributed by atoms with Crippen molar-refractivity contribution < 1.29 is 8.42 Å².